The van der Waals surface area contributed by atoms with E-state index in [9.17, 15) is 9.59 Å². The average Bonchev–Trinajstić information content (AvgIpc) is 2.63. The Balaban J connectivity index is 2.08. The summed E-state index contributed by atoms with van der Waals surface area (Å²) in [7, 11) is 0. The van der Waals surface area contributed by atoms with Crippen molar-refractivity contribution >= 4 is 11.9 Å². The minimum absolute atomic E-state index is 0.116. The first-order chi connectivity index (χ1) is 13.3. The van der Waals surface area contributed by atoms with Crippen molar-refractivity contribution in [2.24, 2.45) is 5.92 Å². The van der Waals surface area contributed by atoms with Crippen molar-refractivity contribution in [3.63, 3.8) is 0 Å². The fourth-order valence-corrected chi connectivity index (χ4v) is 3.05. The third-order valence-electron chi connectivity index (χ3n) is 4.30. The number of carbonyl (C=O) groups excluding carboxylic acids is 2. The molecule has 5 heteroatoms. The fourth-order valence-electron chi connectivity index (χ4n) is 3.05. The quantitative estimate of drug-likeness (QED) is 0.694. The molecule has 0 heterocycles. The van der Waals surface area contributed by atoms with Gasteiger partial charge in [0.2, 0.25) is 0 Å². The predicted octanol–water partition coefficient (Wildman–Crippen LogP) is 4.20. The van der Waals surface area contributed by atoms with E-state index in [-0.39, 0.29) is 18.4 Å². The van der Waals surface area contributed by atoms with E-state index in [1.54, 1.807) is 24.3 Å². The summed E-state index contributed by atoms with van der Waals surface area (Å²) in [6.45, 7) is 10.2. The summed E-state index contributed by atoms with van der Waals surface area (Å²) in [6.07, 6.45) is 0. The van der Waals surface area contributed by atoms with Crippen LogP contribution in [0.15, 0.2) is 42.5 Å². The largest absolute Gasteiger partial charge is 0.493 e. The number of hydrogen-bond donors (Lipinski definition) is 1. The topological polar surface area (TPSA) is 64.6 Å². The van der Waals surface area contributed by atoms with Gasteiger partial charge in [-0.1, -0.05) is 55.3 Å². The molecule has 1 atom stereocenters. The highest BCUT2D eigenvalue weighted by Crippen LogP contribution is 2.19. The Morgan fingerprint density at radius 2 is 1.68 bits per heavy atom. The third-order valence-corrected chi connectivity index (χ3v) is 4.30. The van der Waals surface area contributed by atoms with E-state index < -0.39 is 12.0 Å². The first-order valence-corrected chi connectivity index (χ1v) is 9.58. The number of carbonyl (C=O) groups is 2. The Kier molecular flexibility index (Phi) is 7.61. The Bertz CT molecular complexity index is 809. The zero-order chi connectivity index (χ0) is 20.7. The molecule has 0 aliphatic heterocycles. The predicted molar refractivity (Wildman–Crippen MR) is 109 cm³/mol. The number of ether oxygens (including phenoxy) is 2. The smallest absolute Gasteiger partial charge is 0.329 e. The van der Waals surface area contributed by atoms with Crippen LogP contribution in [0.4, 0.5) is 0 Å². The van der Waals surface area contributed by atoms with Gasteiger partial charge >= 0.3 is 5.97 Å². The number of nitrogens with one attached hydrogen (secondary N) is 1. The van der Waals surface area contributed by atoms with Crippen LogP contribution >= 0.6 is 0 Å². The normalized spacial score (nSPS) is 11.8. The standard InChI is InChI=1S/C23H29NO4/c1-6-27-20-10-8-7-9-19(20)22(25)24-21(15(2)3)23(26)28-14-18-12-16(4)11-17(5)13-18/h7-13,15,21H,6,14H2,1-5H3,(H,24,25)/t21-/m0/s1. The minimum atomic E-state index is -0.743. The van der Waals surface area contributed by atoms with Gasteiger partial charge in [0.15, 0.2) is 0 Å². The van der Waals surface area contributed by atoms with E-state index in [1.165, 1.54) is 0 Å². The highest BCUT2D eigenvalue weighted by Gasteiger charge is 2.27. The molecule has 0 radical (unpaired) electrons. The van der Waals surface area contributed by atoms with E-state index in [0.29, 0.717) is 17.9 Å². The lowest BCUT2D eigenvalue weighted by Gasteiger charge is -2.21. The SMILES string of the molecule is CCOc1ccccc1C(=O)N[C@H](C(=O)OCc1cc(C)cc(C)c1)C(C)C. The molecule has 0 saturated heterocycles. The molecule has 2 aromatic carbocycles. The molecule has 0 fully saturated rings. The van der Waals surface area contributed by atoms with Crippen molar-refractivity contribution in [1.82, 2.24) is 5.32 Å². The Labute approximate surface area is 167 Å². The number of rotatable bonds is 8. The molecule has 0 unspecified atom stereocenters. The lowest BCUT2D eigenvalue weighted by Crippen LogP contribution is -2.45. The highest BCUT2D eigenvalue weighted by molar-refractivity contribution is 5.99. The summed E-state index contributed by atoms with van der Waals surface area (Å²) in [5.41, 5.74) is 3.57. The van der Waals surface area contributed by atoms with Crippen LogP contribution in [-0.2, 0) is 16.1 Å². The molecule has 0 aromatic heterocycles. The molecule has 2 aromatic rings. The van der Waals surface area contributed by atoms with E-state index in [2.05, 4.69) is 11.4 Å². The van der Waals surface area contributed by atoms with Gasteiger partial charge in [-0.2, -0.15) is 0 Å². The average molecular weight is 383 g/mol. The van der Waals surface area contributed by atoms with E-state index >= 15 is 0 Å². The van der Waals surface area contributed by atoms with Crippen molar-refractivity contribution in [3.8, 4) is 5.75 Å². The summed E-state index contributed by atoms with van der Waals surface area (Å²) in [4.78, 5) is 25.4. The monoisotopic (exact) mass is 383 g/mol. The minimum Gasteiger partial charge on any atom is -0.493 e. The molecule has 1 N–H and O–H groups in total. The van der Waals surface area contributed by atoms with E-state index in [1.807, 2.05) is 46.8 Å². The van der Waals surface area contributed by atoms with Crippen molar-refractivity contribution in [2.45, 2.75) is 47.3 Å². The maximum Gasteiger partial charge on any atom is 0.329 e. The Morgan fingerprint density at radius 3 is 2.29 bits per heavy atom. The molecule has 2 rings (SSSR count). The van der Waals surface area contributed by atoms with Crippen molar-refractivity contribution in [2.75, 3.05) is 6.61 Å². The summed E-state index contributed by atoms with van der Waals surface area (Å²) >= 11 is 0. The summed E-state index contributed by atoms with van der Waals surface area (Å²) < 4.78 is 11.0. The number of para-hydroxylation sites is 1. The molecule has 0 saturated carbocycles. The van der Waals surface area contributed by atoms with Gasteiger partial charge in [0.1, 0.15) is 18.4 Å². The molecule has 0 bridgehead atoms. The van der Waals surface area contributed by atoms with Gasteiger partial charge in [-0.25, -0.2) is 4.79 Å². The van der Waals surface area contributed by atoms with Crippen molar-refractivity contribution in [3.05, 3.63) is 64.7 Å². The number of esters is 1. The summed E-state index contributed by atoms with van der Waals surface area (Å²) in [6, 6.07) is 12.3. The first-order valence-electron chi connectivity index (χ1n) is 9.58. The van der Waals surface area contributed by atoms with E-state index in [0.717, 1.165) is 16.7 Å². The summed E-state index contributed by atoms with van der Waals surface area (Å²) in [5.74, 6) is -0.425. The zero-order valence-corrected chi connectivity index (χ0v) is 17.2. The van der Waals surface area contributed by atoms with Crippen LogP contribution in [0.1, 0.15) is 47.8 Å². The molecule has 1 amide bonds. The molecule has 28 heavy (non-hydrogen) atoms. The molecular formula is C23H29NO4. The van der Waals surface area contributed by atoms with Crippen LogP contribution in [0.2, 0.25) is 0 Å². The van der Waals surface area contributed by atoms with Crippen LogP contribution in [0.5, 0.6) is 5.75 Å². The molecule has 0 aliphatic rings. The zero-order valence-electron chi connectivity index (χ0n) is 17.2. The lowest BCUT2D eigenvalue weighted by molar-refractivity contribution is -0.148. The van der Waals surface area contributed by atoms with Gasteiger partial charge in [0.25, 0.3) is 5.91 Å². The Morgan fingerprint density at radius 1 is 1.04 bits per heavy atom. The number of hydrogen-bond acceptors (Lipinski definition) is 4. The second-order valence-corrected chi connectivity index (χ2v) is 7.23. The second kappa shape index (κ2) is 9.93. The molecule has 150 valence electrons. The van der Waals surface area contributed by atoms with Gasteiger partial charge in [-0.05, 0) is 44.4 Å². The van der Waals surface area contributed by atoms with Crippen molar-refractivity contribution in [1.29, 1.82) is 0 Å². The Hall–Kier alpha value is -2.82. The molecule has 0 spiro atoms. The summed E-state index contributed by atoms with van der Waals surface area (Å²) in [5, 5.41) is 2.80. The van der Waals surface area contributed by atoms with Crippen LogP contribution in [0.3, 0.4) is 0 Å². The number of benzene rings is 2. The maximum atomic E-state index is 12.7. The lowest BCUT2D eigenvalue weighted by atomic mass is 10.0. The third kappa shape index (κ3) is 5.84. The highest BCUT2D eigenvalue weighted by atomic mass is 16.5. The van der Waals surface area contributed by atoms with Crippen LogP contribution in [0, 0.1) is 19.8 Å². The van der Waals surface area contributed by atoms with E-state index in [4.69, 9.17) is 9.47 Å². The second-order valence-electron chi connectivity index (χ2n) is 7.23. The maximum absolute atomic E-state index is 12.7. The van der Waals surface area contributed by atoms with Gasteiger partial charge in [0.05, 0.1) is 12.2 Å². The first kappa shape index (κ1) is 21.5. The molecule has 0 aliphatic carbocycles. The van der Waals surface area contributed by atoms with Crippen LogP contribution < -0.4 is 10.1 Å². The van der Waals surface area contributed by atoms with Gasteiger partial charge in [-0.15, -0.1) is 0 Å². The van der Waals surface area contributed by atoms with Crippen molar-refractivity contribution < 1.29 is 19.1 Å². The molecule has 5 nitrogen and oxygen atoms in total. The van der Waals surface area contributed by atoms with Gasteiger partial charge in [0, 0.05) is 0 Å². The van der Waals surface area contributed by atoms with Crippen LogP contribution in [0.25, 0.3) is 0 Å². The number of aryl methyl sites for hydroxylation is 2. The number of amides is 1. The van der Waals surface area contributed by atoms with Gasteiger partial charge < -0.3 is 14.8 Å². The molecular weight excluding hydrogens is 354 g/mol. The van der Waals surface area contributed by atoms with Gasteiger partial charge in [-0.3, -0.25) is 4.79 Å². The fraction of sp³-hybridized carbons (Fsp3) is 0.391. The van der Waals surface area contributed by atoms with Crippen LogP contribution in [-0.4, -0.2) is 24.5 Å².